The van der Waals surface area contributed by atoms with Crippen LogP contribution < -0.4 is 10.2 Å². The van der Waals surface area contributed by atoms with Crippen LogP contribution in [0.4, 0.5) is 11.4 Å². The van der Waals surface area contributed by atoms with Gasteiger partial charge in [-0.3, -0.25) is 4.79 Å². The van der Waals surface area contributed by atoms with E-state index in [9.17, 15) is 9.59 Å². The average molecular weight is 274 g/mol. The zero-order chi connectivity index (χ0) is 14.4. The third kappa shape index (κ3) is 3.85. The van der Waals surface area contributed by atoms with Crippen molar-refractivity contribution in [3.05, 3.63) is 36.4 Å². The van der Waals surface area contributed by atoms with Gasteiger partial charge >= 0.3 is 5.97 Å². The number of carboxylic acid groups (broad SMARTS) is 1. The molecule has 5 nitrogen and oxygen atoms in total. The highest BCUT2D eigenvalue weighted by molar-refractivity contribution is 6.04. The molecule has 20 heavy (non-hydrogen) atoms. The number of amides is 1. The van der Waals surface area contributed by atoms with E-state index in [1.165, 1.54) is 6.42 Å². The monoisotopic (exact) mass is 274 g/mol. The zero-order valence-corrected chi connectivity index (χ0v) is 11.2. The quantitative estimate of drug-likeness (QED) is 0.826. The van der Waals surface area contributed by atoms with Crippen molar-refractivity contribution in [3.63, 3.8) is 0 Å². The summed E-state index contributed by atoms with van der Waals surface area (Å²) in [5.74, 6) is -1.57. The number of nitrogens with one attached hydrogen (secondary N) is 1. The van der Waals surface area contributed by atoms with Gasteiger partial charge < -0.3 is 15.3 Å². The maximum absolute atomic E-state index is 11.7. The van der Waals surface area contributed by atoms with Crippen LogP contribution in [0.3, 0.4) is 0 Å². The molecular formula is C15H18N2O3. The lowest BCUT2D eigenvalue weighted by atomic mass is 10.1. The number of hydrogen-bond acceptors (Lipinski definition) is 3. The van der Waals surface area contributed by atoms with Gasteiger partial charge in [0, 0.05) is 25.2 Å². The number of carbonyl (C=O) groups is 2. The van der Waals surface area contributed by atoms with Gasteiger partial charge in [0.2, 0.25) is 5.91 Å². The lowest BCUT2D eigenvalue weighted by Gasteiger charge is -2.30. The maximum Gasteiger partial charge on any atom is 0.328 e. The summed E-state index contributed by atoms with van der Waals surface area (Å²) in [7, 11) is 0. The Kier molecular flexibility index (Phi) is 4.76. The van der Waals surface area contributed by atoms with E-state index in [-0.39, 0.29) is 0 Å². The molecule has 0 bridgehead atoms. The van der Waals surface area contributed by atoms with E-state index in [0.717, 1.165) is 49.5 Å². The number of rotatable bonds is 4. The van der Waals surface area contributed by atoms with Crippen LogP contribution >= 0.6 is 0 Å². The summed E-state index contributed by atoms with van der Waals surface area (Å²) in [6.45, 7) is 1.97. The summed E-state index contributed by atoms with van der Waals surface area (Å²) in [6, 6.07) is 7.59. The van der Waals surface area contributed by atoms with Gasteiger partial charge in [0.15, 0.2) is 0 Å². The van der Waals surface area contributed by atoms with Crippen LogP contribution in [0.15, 0.2) is 36.4 Å². The minimum absolute atomic E-state index is 0.433. The van der Waals surface area contributed by atoms with E-state index < -0.39 is 11.9 Å². The summed E-state index contributed by atoms with van der Waals surface area (Å²) in [6.07, 6.45) is 5.41. The van der Waals surface area contributed by atoms with Crippen LogP contribution in [-0.4, -0.2) is 30.1 Å². The van der Waals surface area contributed by atoms with Crippen molar-refractivity contribution in [1.82, 2.24) is 0 Å². The van der Waals surface area contributed by atoms with E-state index >= 15 is 0 Å². The molecule has 1 aromatic carbocycles. The number of carbonyl (C=O) groups excluding carboxylic acids is 1. The van der Waals surface area contributed by atoms with Crippen molar-refractivity contribution in [1.29, 1.82) is 0 Å². The Labute approximate surface area is 117 Å². The smallest absolute Gasteiger partial charge is 0.328 e. The number of anilines is 2. The Morgan fingerprint density at radius 2 is 1.80 bits per heavy atom. The molecular weight excluding hydrogens is 256 g/mol. The molecule has 1 aliphatic rings. The van der Waals surface area contributed by atoms with Gasteiger partial charge in [0.05, 0.1) is 11.4 Å². The largest absolute Gasteiger partial charge is 0.478 e. The first-order valence-corrected chi connectivity index (χ1v) is 6.73. The minimum Gasteiger partial charge on any atom is -0.478 e. The van der Waals surface area contributed by atoms with Crippen molar-refractivity contribution >= 4 is 23.3 Å². The van der Waals surface area contributed by atoms with Crippen LogP contribution in [0.25, 0.3) is 0 Å². The Hall–Kier alpha value is -2.30. The SMILES string of the molecule is O=C(O)/C=C/C(=O)Nc1ccccc1N1CCCCC1. The molecule has 1 heterocycles. The second kappa shape index (κ2) is 6.75. The second-order valence-corrected chi connectivity index (χ2v) is 4.73. The summed E-state index contributed by atoms with van der Waals surface area (Å²) in [4.78, 5) is 24.3. The predicted octanol–water partition coefficient (Wildman–Crippen LogP) is 2.26. The van der Waals surface area contributed by atoms with Crippen molar-refractivity contribution in [2.24, 2.45) is 0 Å². The van der Waals surface area contributed by atoms with Crippen LogP contribution in [0.2, 0.25) is 0 Å². The number of benzene rings is 1. The number of aliphatic carboxylic acids is 1. The normalized spacial score (nSPS) is 15.3. The number of piperidine rings is 1. The highest BCUT2D eigenvalue weighted by atomic mass is 16.4. The number of hydrogen-bond donors (Lipinski definition) is 2. The Balaban J connectivity index is 2.11. The van der Waals surface area contributed by atoms with Gasteiger partial charge in [-0.1, -0.05) is 12.1 Å². The molecule has 0 atom stereocenters. The Bertz CT molecular complexity index is 520. The van der Waals surface area contributed by atoms with Crippen molar-refractivity contribution < 1.29 is 14.7 Å². The van der Waals surface area contributed by atoms with Gasteiger partial charge in [-0.25, -0.2) is 4.79 Å². The molecule has 0 saturated carbocycles. The molecule has 2 N–H and O–H groups in total. The van der Waals surface area contributed by atoms with Crippen molar-refractivity contribution in [2.45, 2.75) is 19.3 Å². The van der Waals surface area contributed by atoms with E-state index in [4.69, 9.17) is 5.11 Å². The van der Waals surface area contributed by atoms with Crippen molar-refractivity contribution in [2.75, 3.05) is 23.3 Å². The van der Waals surface area contributed by atoms with E-state index in [1.54, 1.807) is 0 Å². The molecule has 1 aromatic rings. The standard InChI is InChI=1S/C15H18N2O3/c18-14(8-9-15(19)20)16-12-6-2-3-7-13(12)17-10-4-1-5-11-17/h2-3,6-9H,1,4-5,10-11H2,(H,16,18)(H,19,20)/b9-8+. The molecule has 1 aliphatic heterocycles. The Morgan fingerprint density at radius 1 is 1.10 bits per heavy atom. The first kappa shape index (κ1) is 14.1. The van der Waals surface area contributed by atoms with Crippen LogP contribution in [-0.2, 0) is 9.59 Å². The highest BCUT2D eigenvalue weighted by Crippen LogP contribution is 2.28. The first-order valence-electron chi connectivity index (χ1n) is 6.73. The molecule has 0 aromatic heterocycles. The molecule has 1 amide bonds. The fourth-order valence-corrected chi connectivity index (χ4v) is 2.31. The van der Waals surface area contributed by atoms with Gasteiger partial charge in [-0.05, 0) is 31.4 Å². The van der Waals surface area contributed by atoms with Gasteiger partial charge in [0.25, 0.3) is 0 Å². The zero-order valence-electron chi connectivity index (χ0n) is 11.2. The number of nitrogens with zero attached hydrogens (tertiary/aromatic N) is 1. The topological polar surface area (TPSA) is 69.6 Å². The summed E-state index contributed by atoms with van der Waals surface area (Å²) < 4.78 is 0. The number of carboxylic acids is 1. The van der Waals surface area contributed by atoms with Gasteiger partial charge in [-0.15, -0.1) is 0 Å². The average Bonchev–Trinajstić information content (AvgIpc) is 2.47. The first-order chi connectivity index (χ1) is 9.66. The molecule has 2 rings (SSSR count). The van der Waals surface area contributed by atoms with Crippen LogP contribution in [0.5, 0.6) is 0 Å². The molecule has 0 radical (unpaired) electrons. The minimum atomic E-state index is -1.13. The molecule has 0 aliphatic carbocycles. The summed E-state index contributed by atoms with van der Waals surface area (Å²) >= 11 is 0. The molecule has 0 spiro atoms. The summed E-state index contributed by atoms with van der Waals surface area (Å²) in [5, 5.41) is 11.2. The Morgan fingerprint density at radius 3 is 2.50 bits per heavy atom. The summed E-state index contributed by atoms with van der Waals surface area (Å²) in [5.41, 5.74) is 1.71. The van der Waals surface area contributed by atoms with Gasteiger partial charge in [-0.2, -0.15) is 0 Å². The van der Waals surface area contributed by atoms with Gasteiger partial charge in [0.1, 0.15) is 0 Å². The molecule has 0 unspecified atom stereocenters. The molecule has 1 saturated heterocycles. The van der Waals surface area contributed by atoms with E-state index in [0.29, 0.717) is 0 Å². The third-order valence-corrected chi connectivity index (χ3v) is 3.24. The van der Waals surface area contributed by atoms with Crippen LogP contribution in [0, 0.1) is 0 Å². The van der Waals surface area contributed by atoms with E-state index in [1.807, 2.05) is 24.3 Å². The van der Waals surface area contributed by atoms with Crippen molar-refractivity contribution in [3.8, 4) is 0 Å². The molecule has 106 valence electrons. The highest BCUT2D eigenvalue weighted by Gasteiger charge is 2.14. The van der Waals surface area contributed by atoms with Crippen LogP contribution in [0.1, 0.15) is 19.3 Å². The molecule has 5 heteroatoms. The maximum atomic E-state index is 11.7. The predicted molar refractivity (Wildman–Crippen MR) is 77.9 cm³/mol. The lowest BCUT2D eigenvalue weighted by molar-refractivity contribution is -0.131. The fraction of sp³-hybridized carbons (Fsp3) is 0.333. The third-order valence-electron chi connectivity index (χ3n) is 3.24. The van der Waals surface area contributed by atoms with E-state index in [2.05, 4.69) is 10.2 Å². The number of para-hydroxylation sites is 2. The fourth-order valence-electron chi connectivity index (χ4n) is 2.31. The second-order valence-electron chi connectivity index (χ2n) is 4.73. The lowest BCUT2D eigenvalue weighted by Crippen LogP contribution is -2.30. The molecule has 1 fully saturated rings.